The van der Waals surface area contributed by atoms with Crippen molar-refractivity contribution in [2.45, 2.75) is 0 Å². The van der Waals surface area contributed by atoms with Gasteiger partial charge in [-0.05, 0) is 30.3 Å². The van der Waals surface area contributed by atoms with E-state index in [-0.39, 0.29) is 5.78 Å². The number of carbonyl (C=O) groups excluding carboxylic acids is 1. The van der Waals surface area contributed by atoms with Gasteiger partial charge in [-0.15, -0.1) is 0 Å². The van der Waals surface area contributed by atoms with Crippen molar-refractivity contribution >= 4 is 29.0 Å². The monoisotopic (exact) mass is 251 g/mol. The molecule has 1 heterocycles. The summed E-state index contributed by atoms with van der Waals surface area (Å²) in [6.45, 7) is 0. The molecule has 0 saturated heterocycles. The molecular weight excluding hydrogens is 245 g/mol. The Morgan fingerprint density at radius 1 is 1.06 bits per heavy atom. The largest absolute Gasteiger partial charge is 0.289 e. The Kier molecular flexibility index (Phi) is 3.22. The molecule has 4 heteroatoms. The molecule has 1 aromatic heterocycles. The average Bonchev–Trinajstić information content (AvgIpc) is 2.28. The Balaban J connectivity index is 2.42. The first-order chi connectivity index (χ1) is 7.66. The maximum Gasteiger partial charge on any atom is 0.194 e. The van der Waals surface area contributed by atoms with Crippen LogP contribution in [0.25, 0.3) is 0 Å². The number of pyridine rings is 1. The fourth-order valence-corrected chi connectivity index (χ4v) is 1.87. The number of nitrogens with zero attached hydrogens (tertiary/aromatic N) is 1. The minimum atomic E-state index is -0.141. The molecule has 16 heavy (non-hydrogen) atoms. The lowest BCUT2D eigenvalue weighted by atomic mass is 10.1. The van der Waals surface area contributed by atoms with Crippen LogP contribution in [0.4, 0.5) is 0 Å². The molecule has 0 saturated carbocycles. The summed E-state index contributed by atoms with van der Waals surface area (Å²) in [7, 11) is 0. The Morgan fingerprint density at radius 2 is 1.75 bits per heavy atom. The first-order valence-corrected chi connectivity index (χ1v) is 5.33. The SMILES string of the molecule is O=C(c1cccnc1)c1cc(Cl)cc(Cl)c1. The van der Waals surface area contributed by atoms with Crippen LogP contribution < -0.4 is 0 Å². The predicted octanol–water partition coefficient (Wildman–Crippen LogP) is 3.62. The Morgan fingerprint density at radius 3 is 2.31 bits per heavy atom. The number of carbonyl (C=O) groups is 1. The lowest BCUT2D eigenvalue weighted by Gasteiger charge is -2.02. The van der Waals surface area contributed by atoms with Crippen molar-refractivity contribution in [1.82, 2.24) is 4.98 Å². The summed E-state index contributed by atoms with van der Waals surface area (Å²) in [5.74, 6) is -0.141. The molecule has 0 aliphatic rings. The van der Waals surface area contributed by atoms with Crippen LogP contribution in [0.15, 0.2) is 42.7 Å². The van der Waals surface area contributed by atoms with E-state index >= 15 is 0 Å². The first-order valence-electron chi connectivity index (χ1n) is 4.57. The topological polar surface area (TPSA) is 30.0 Å². The van der Waals surface area contributed by atoms with E-state index in [1.54, 1.807) is 36.5 Å². The van der Waals surface area contributed by atoms with Crippen LogP contribution in [0.2, 0.25) is 10.0 Å². The number of rotatable bonds is 2. The Labute approximate surface area is 103 Å². The van der Waals surface area contributed by atoms with E-state index in [1.807, 2.05) is 0 Å². The van der Waals surface area contributed by atoms with Crippen molar-refractivity contribution in [3.8, 4) is 0 Å². The number of halogens is 2. The molecule has 0 radical (unpaired) electrons. The second kappa shape index (κ2) is 4.64. The number of hydrogen-bond acceptors (Lipinski definition) is 2. The van der Waals surface area contributed by atoms with Crippen LogP contribution in [0.1, 0.15) is 15.9 Å². The molecule has 80 valence electrons. The highest BCUT2D eigenvalue weighted by Crippen LogP contribution is 2.20. The third kappa shape index (κ3) is 2.40. The summed E-state index contributed by atoms with van der Waals surface area (Å²) in [6.07, 6.45) is 3.12. The van der Waals surface area contributed by atoms with Gasteiger partial charge in [-0.3, -0.25) is 9.78 Å². The van der Waals surface area contributed by atoms with E-state index in [1.165, 1.54) is 6.20 Å². The van der Waals surface area contributed by atoms with Crippen molar-refractivity contribution in [3.63, 3.8) is 0 Å². The predicted molar refractivity (Wildman–Crippen MR) is 64.1 cm³/mol. The normalized spacial score (nSPS) is 10.1. The van der Waals surface area contributed by atoms with E-state index in [4.69, 9.17) is 23.2 Å². The van der Waals surface area contributed by atoms with Crippen LogP contribution in [-0.2, 0) is 0 Å². The van der Waals surface area contributed by atoms with Crippen LogP contribution in [-0.4, -0.2) is 10.8 Å². The number of ketones is 1. The highest BCUT2D eigenvalue weighted by Gasteiger charge is 2.10. The van der Waals surface area contributed by atoms with Crippen molar-refractivity contribution in [3.05, 3.63) is 63.9 Å². The Bertz CT molecular complexity index is 506. The van der Waals surface area contributed by atoms with Gasteiger partial charge in [-0.25, -0.2) is 0 Å². The van der Waals surface area contributed by atoms with E-state index in [0.29, 0.717) is 21.2 Å². The summed E-state index contributed by atoms with van der Waals surface area (Å²) in [5.41, 5.74) is 0.978. The zero-order chi connectivity index (χ0) is 11.5. The zero-order valence-corrected chi connectivity index (χ0v) is 9.66. The highest BCUT2D eigenvalue weighted by molar-refractivity contribution is 6.35. The average molecular weight is 252 g/mol. The zero-order valence-electron chi connectivity index (χ0n) is 8.15. The molecular formula is C12H7Cl2NO. The minimum absolute atomic E-state index is 0.141. The molecule has 2 rings (SSSR count). The molecule has 0 fully saturated rings. The van der Waals surface area contributed by atoms with E-state index in [9.17, 15) is 4.79 Å². The highest BCUT2D eigenvalue weighted by atomic mass is 35.5. The number of hydrogen-bond donors (Lipinski definition) is 0. The molecule has 0 aliphatic carbocycles. The van der Waals surface area contributed by atoms with Crippen molar-refractivity contribution in [2.24, 2.45) is 0 Å². The lowest BCUT2D eigenvalue weighted by Crippen LogP contribution is -2.01. The molecule has 1 aromatic carbocycles. The first kappa shape index (κ1) is 11.1. The maximum absolute atomic E-state index is 12.0. The molecule has 0 N–H and O–H groups in total. The third-order valence-corrected chi connectivity index (χ3v) is 2.48. The van der Waals surface area contributed by atoms with Gasteiger partial charge in [0.05, 0.1) is 0 Å². The van der Waals surface area contributed by atoms with Gasteiger partial charge < -0.3 is 0 Å². The molecule has 0 spiro atoms. The van der Waals surface area contributed by atoms with Crippen LogP contribution in [0.5, 0.6) is 0 Å². The smallest absolute Gasteiger partial charge is 0.194 e. The molecule has 0 atom stereocenters. The third-order valence-electron chi connectivity index (χ3n) is 2.05. The van der Waals surface area contributed by atoms with Gasteiger partial charge in [0.15, 0.2) is 5.78 Å². The molecule has 0 aliphatic heterocycles. The van der Waals surface area contributed by atoms with Gasteiger partial charge in [0.25, 0.3) is 0 Å². The maximum atomic E-state index is 12.0. The van der Waals surface area contributed by atoms with Crippen LogP contribution in [0, 0.1) is 0 Å². The van der Waals surface area contributed by atoms with Crippen LogP contribution >= 0.6 is 23.2 Å². The second-order valence-corrected chi connectivity index (χ2v) is 4.10. The minimum Gasteiger partial charge on any atom is -0.289 e. The van der Waals surface area contributed by atoms with Gasteiger partial charge >= 0.3 is 0 Å². The number of benzene rings is 1. The summed E-state index contributed by atoms with van der Waals surface area (Å²) >= 11 is 11.7. The molecule has 0 amide bonds. The van der Waals surface area contributed by atoms with Gasteiger partial charge in [0, 0.05) is 33.6 Å². The van der Waals surface area contributed by atoms with Crippen molar-refractivity contribution in [1.29, 1.82) is 0 Å². The molecule has 0 unspecified atom stereocenters. The summed E-state index contributed by atoms with van der Waals surface area (Å²) < 4.78 is 0. The van der Waals surface area contributed by atoms with Crippen molar-refractivity contribution < 1.29 is 4.79 Å². The quantitative estimate of drug-likeness (QED) is 0.764. The van der Waals surface area contributed by atoms with E-state index in [2.05, 4.69) is 4.98 Å². The standard InChI is InChI=1S/C12H7Cl2NO/c13-10-4-9(5-11(14)6-10)12(16)8-2-1-3-15-7-8/h1-7H. The summed E-state index contributed by atoms with van der Waals surface area (Å²) in [6, 6.07) is 8.16. The van der Waals surface area contributed by atoms with Gasteiger partial charge in [-0.2, -0.15) is 0 Å². The van der Waals surface area contributed by atoms with Crippen LogP contribution in [0.3, 0.4) is 0 Å². The van der Waals surface area contributed by atoms with Gasteiger partial charge in [0.2, 0.25) is 0 Å². The fourth-order valence-electron chi connectivity index (χ4n) is 1.35. The molecule has 2 aromatic rings. The summed E-state index contributed by atoms with van der Waals surface area (Å²) in [4.78, 5) is 15.9. The van der Waals surface area contributed by atoms with Crippen molar-refractivity contribution in [2.75, 3.05) is 0 Å². The second-order valence-electron chi connectivity index (χ2n) is 3.23. The van der Waals surface area contributed by atoms with Gasteiger partial charge in [0.1, 0.15) is 0 Å². The molecule has 0 bridgehead atoms. The summed E-state index contributed by atoms with van der Waals surface area (Å²) in [5, 5.41) is 0.888. The number of aromatic nitrogens is 1. The van der Waals surface area contributed by atoms with E-state index < -0.39 is 0 Å². The Hall–Kier alpha value is -1.38. The van der Waals surface area contributed by atoms with E-state index in [0.717, 1.165) is 0 Å². The fraction of sp³-hybridized carbons (Fsp3) is 0. The molecule has 2 nitrogen and oxygen atoms in total. The lowest BCUT2D eigenvalue weighted by molar-refractivity contribution is 0.103. The van der Waals surface area contributed by atoms with Gasteiger partial charge in [-0.1, -0.05) is 23.2 Å².